The molecule has 0 N–H and O–H groups in total. The van der Waals surface area contributed by atoms with Crippen molar-refractivity contribution < 1.29 is 12.8 Å². The Morgan fingerprint density at radius 2 is 1.56 bits per heavy atom. The lowest BCUT2D eigenvalue weighted by Gasteiger charge is -2.29. The summed E-state index contributed by atoms with van der Waals surface area (Å²) in [4.78, 5) is 2.47. The van der Waals surface area contributed by atoms with Crippen LogP contribution >= 0.6 is 0 Å². The van der Waals surface area contributed by atoms with Crippen molar-refractivity contribution >= 4 is 15.7 Å². The second-order valence-corrected chi connectivity index (χ2v) is 8.47. The molecule has 3 rings (SSSR count). The summed E-state index contributed by atoms with van der Waals surface area (Å²) in [5.74, 6) is -0.449. The van der Waals surface area contributed by atoms with Gasteiger partial charge in [0.1, 0.15) is 5.82 Å². The maximum Gasteiger partial charge on any atom is 0.243 e. The van der Waals surface area contributed by atoms with Crippen LogP contribution in [0.5, 0.6) is 0 Å². The predicted molar refractivity (Wildman–Crippen MR) is 97.6 cm³/mol. The molecule has 1 aliphatic heterocycles. The van der Waals surface area contributed by atoms with Crippen molar-refractivity contribution in [2.45, 2.75) is 30.7 Å². The molecule has 0 spiro atoms. The third-order valence-electron chi connectivity index (χ3n) is 4.58. The van der Waals surface area contributed by atoms with Gasteiger partial charge >= 0.3 is 0 Å². The molecule has 0 saturated carbocycles. The zero-order valence-corrected chi connectivity index (χ0v) is 15.2. The smallest absolute Gasteiger partial charge is 0.243 e. The lowest BCUT2D eigenvalue weighted by molar-refractivity contribution is 0.466. The van der Waals surface area contributed by atoms with Crippen LogP contribution in [-0.2, 0) is 16.6 Å². The Morgan fingerprint density at radius 3 is 2.16 bits per heavy atom. The number of anilines is 1. The van der Waals surface area contributed by atoms with Gasteiger partial charge in [-0.05, 0) is 61.2 Å². The lowest BCUT2D eigenvalue weighted by Crippen LogP contribution is -2.29. The Labute approximate surface area is 148 Å². The van der Waals surface area contributed by atoms with Crippen LogP contribution < -0.4 is 4.90 Å². The minimum absolute atomic E-state index is 0.0985. The van der Waals surface area contributed by atoms with Gasteiger partial charge in [-0.15, -0.1) is 0 Å². The number of sulfonamides is 1. The quantitative estimate of drug-likeness (QED) is 0.815. The number of halogens is 1. The third-order valence-corrected chi connectivity index (χ3v) is 6.40. The molecule has 134 valence electrons. The standard InChI is InChI=1S/C19H23FN2O2S/c1-21(25(23,24)19-11-7-17(20)8-12-19)15-16-5-9-18(10-6-16)22-13-3-2-4-14-22/h5-12H,2-4,13-15H2,1H3. The summed E-state index contributed by atoms with van der Waals surface area (Å²) < 4.78 is 39.4. The van der Waals surface area contributed by atoms with E-state index in [0.29, 0.717) is 0 Å². The summed E-state index contributed by atoms with van der Waals surface area (Å²) in [7, 11) is -2.09. The second-order valence-electron chi connectivity index (χ2n) is 6.43. The molecule has 0 aliphatic carbocycles. The molecule has 0 aromatic heterocycles. The average molecular weight is 362 g/mol. The molecular formula is C19H23FN2O2S. The van der Waals surface area contributed by atoms with Crippen LogP contribution in [0.3, 0.4) is 0 Å². The highest BCUT2D eigenvalue weighted by atomic mass is 32.2. The van der Waals surface area contributed by atoms with Gasteiger partial charge in [0.2, 0.25) is 10.0 Å². The molecule has 0 unspecified atom stereocenters. The van der Waals surface area contributed by atoms with Crippen LogP contribution in [-0.4, -0.2) is 32.9 Å². The van der Waals surface area contributed by atoms with Gasteiger partial charge in [-0.3, -0.25) is 0 Å². The van der Waals surface area contributed by atoms with Crippen molar-refractivity contribution in [2.24, 2.45) is 0 Å². The monoisotopic (exact) mass is 362 g/mol. The minimum atomic E-state index is -3.63. The molecule has 0 radical (unpaired) electrons. The molecule has 2 aromatic carbocycles. The maximum absolute atomic E-state index is 13.0. The average Bonchev–Trinajstić information content (AvgIpc) is 2.63. The first-order valence-corrected chi connectivity index (χ1v) is 9.96. The Hall–Kier alpha value is -1.92. The number of nitrogens with zero attached hydrogens (tertiary/aromatic N) is 2. The summed E-state index contributed by atoms with van der Waals surface area (Å²) in [6.45, 7) is 2.44. The normalized spacial score (nSPS) is 15.6. The van der Waals surface area contributed by atoms with E-state index in [1.165, 1.54) is 48.4 Å². The Morgan fingerprint density at radius 1 is 0.960 bits per heavy atom. The SMILES string of the molecule is CN(Cc1ccc(N2CCCCC2)cc1)S(=O)(=O)c1ccc(F)cc1. The maximum atomic E-state index is 13.0. The van der Waals surface area contributed by atoms with Crippen LogP contribution in [0.2, 0.25) is 0 Å². The van der Waals surface area contributed by atoms with E-state index < -0.39 is 15.8 Å². The summed E-state index contributed by atoms with van der Waals surface area (Å²) in [5.41, 5.74) is 2.11. The Balaban J connectivity index is 1.69. The van der Waals surface area contributed by atoms with Crippen LogP contribution in [0.25, 0.3) is 0 Å². The number of benzene rings is 2. The van der Waals surface area contributed by atoms with E-state index in [1.54, 1.807) is 0 Å². The van der Waals surface area contributed by atoms with Crippen LogP contribution in [0.15, 0.2) is 53.4 Å². The fourth-order valence-electron chi connectivity index (χ4n) is 3.09. The first kappa shape index (κ1) is 17.9. The zero-order valence-electron chi connectivity index (χ0n) is 14.4. The van der Waals surface area contributed by atoms with Crippen molar-refractivity contribution in [3.05, 3.63) is 59.9 Å². The molecule has 0 amide bonds. The fourth-order valence-corrected chi connectivity index (χ4v) is 4.25. The van der Waals surface area contributed by atoms with Gasteiger partial charge in [-0.2, -0.15) is 4.31 Å². The molecule has 1 fully saturated rings. The minimum Gasteiger partial charge on any atom is -0.372 e. The highest BCUT2D eigenvalue weighted by molar-refractivity contribution is 7.89. The summed E-state index contributed by atoms with van der Waals surface area (Å²) in [6.07, 6.45) is 3.74. The van der Waals surface area contributed by atoms with E-state index in [4.69, 9.17) is 0 Å². The molecule has 2 aromatic rings. The number of rotatable bonds is 5. The topological polar surface area (TPSA) is 40.6 Å². The number of hydrogen-bond donors (Lipinski definition) is 0. The first-order chi connectivity index (χ1) is 12.0. The van der Waals surface area contributed by atoms with Crippen molar-refractivity contribution in [2.75, 3.05) is 25.0 Å². The lowest BCUT2D eigenvalue weighted by atomic mass is 10.1. The fraction of sp³-hybridized carbons (Fsp3) is 0.368. The van der Waals surface area contributed by atoms with Gasteiger partial charge in [0, 0.05) is 32.4 Å². The zero-order chi connectivity index (χ0) is 17.9. The molecule has 4 nitrogen and oxygen atoms in total. The van der Waals surface area contributed by atoms with E-state index in [1.807, 2.05) is 12.1 Å². The van der Waals surface area contributed by atoms with E-state index >= 15 is 0 Å². The Kier molecular flexibility index (Phi) is 5.39. The third kappa shape index (κ3) is 4.19. The van der Waals surface area contributed by atoms with Gasteiger partial charge in [-0.25, -0.2) is 12.8 Å². The summed E-state index contributed by atoms with van der Waals surface area (Å²) >= 11 is 0. The number of hydrogen-bond acceptors (Lipinski definition) is 3. The van der Waals surface area contributed by atoms with Crippen molar-refractivity contribution in [1.82, 2.24) is 4.31 Å². The van der Waals surface area contributed by atoms with Gasteiger partial charge in [-0.1, -0.05) is 12.1 Å². The molecule has 1 aliphatic rings. The summed E-state index contributed by atoms with van der Waals surface area (Å²) in [5, 5.41) is 0. The highest BCUT2D eigenvalue weighted by Crippen LogP contribution is 2.22. The van der Waals surface area contributed by atoms with Crippen molar-refractivity contribution in [1.29, 1.82) is 0 Å². The largest absolute Gasteiger partial charge is 0.372 e. The van der Waals surface area contributed by atoms with E-state index in [0.717, 1.165) is 30.8 Å². The van der Waals surface area contributed by atoms with Crippen LogP contribution in [0.4, 0.5) is 10.1 Å². The van der Waals surface area contributed by atoms with Gasteiger partial charge in [0.05, 0.1) is 4.90 Å². The van der Waals surface area contributed by atoms with Gasteiger partial charge in [0.15, 0.2) is 0 Å². The molecular weight excluding hydrogens is 339 g/mol. The van der Waals surface area contributed by atoms with E-state index in [9.17, 15) is 12.8 Å². The molecule has 0 bridgehead atoms. The van der Waals surface area contributed by atoms with E-state index in [-0.39, 0.29) is 11.4 Å². The van der Waals surface area contributed by atoms with Gasteiger partial charge < -0.3 is 4.90 Å². The van der Waals surface area contributed by atoms with Crippen molar-refractivity contribution in [3.8, 4) is 0 Å². The summed E-state index contributed by atoms with van der Waals surface area (Å²) in [6, 6.07) is 13.0. The molecule has 0 atom stereocenters. The first-order valence-electron chi connectivity index (χ1n) is 8.52. The predicted octanol–water partition coefficient (Wildman–Crippen LogP) is 3.64. The molecule has 1 saturated heterocycles. The second kappa shape index (κ2) is 7.54. The van der Waals surface area contributed by atoms with Crippen LogP contribution in [0.1, 0.15) is 24.8 Å². The highest BCUT2D eigenvalue weighted by Gasteiger charge is 2.21. The molecule has 25 heavy (non-hydrogen) atoms. The van der Waals surface area contributed by atoms with Crippen LogP contribution in [0, 0.1) is 5.82 Å². The van der Waals surface area contributed by atoms with Gasteiger partial charge in [0.25, 0.3) is 0 Å². The molecule has 1 heterocycles. The van der Waals surface area contributed by atoms with Crippen molar-refractivity contribution in [3.63, 3.8) is 0 Å². The molecule has 6 heteroatoms. The Bertz CT molecular complexity index is 798. The van der Waals surface area contributed by atoms with E-state index in [2.05, 4.69) is 17.0 Å². The number of piperidine rings is 1.